The maximum Gasteiger partial charge on any atom is 0.354 e. The van der Waals surface area contributed by atoms with E-state index in [9.17, 15) is 9.59 Å². The number of rotatable bonds is 4. The number of ether oxygens (including phenoxy) is 1. The second-order valence-electron chi connectivity index (χ2n) is 7.62. The quantitative estimate of drug-likeness (QED) is 0.778. The molecule has 0 unspecified atom stereocenters. The van der Waals surface area contributed by atoms with Gasteiger partial charge in [-0.3, -0.25) is 9.69 Å². The van der Waals surface area contributed by atoms with Gasteiger partial charge in [0.1, 0.15) is 5.69 Å². The minimum Gasteiger partial charge on any atom is -0.464 e. The van der Waals surface area contributed by atoms with Gasteiger partial charge in [-0.25, -0.2) is 4.79 Å². The summed E-state index contributed by atoms with van der Waals surface area (Å²) in [5, 5.41) is 0. The van der Waals surface area contributed by atoms with Crippen LogP contribution in [0.3, 0.4) is 0 Å². The van der Waals surface area contributed by atoms with Crippen molar-refractivity contribution >= 4 is 11.9 Å². The molecule has 1 aromatic carbocycles. The summed E-state index contributed by atoms with van der Waals surface area (Å²) in [4.78, 5) is 28.0. The van der Waals surface area contributed by atoms with Crippen molar-refractivity contribution in [3.05, 3.63) is 58.9 Å². The third kappa shape index (κ3) is 3.49. The lowest BCUT2D eigenvalue weighted by Crippen LogP contribution is -2.48. The number of esters is 1. The van der Waals surface area contributed by atoms with E-state index < -0.39 is 0 Å². The number of methoxy groups -OCH3 is 1. The molecule has 6 nitrogen and oxygen atoms in total. The van der Waals surface area contributed by atoms with E-state index in [-0.39, 0.29) is 17.4 Å². The van der Waals surface area contributed by atoms with Crippen LogP contribution in [0.25, 0.3) is 0 Å². The Kier molecular flexibility index (Phi) is 5.11. The normalized spacial score (nSPS) is 15.9. The average Bonchev–Trinajstić information content (AvgIpc) is 3.09. The van der Waals surface area contributed by atoms with Gasteiger partial charge in [0, 0.05) is 45.0 Å². The van der Waals surface area contributed by atoms with Crippen LogP contribution in [0.4, 0.5) is 0 Å². The Morgan fingerprint density at radius 2 is 1.74 bits per heavy atom. The highest BCUT2D eigenvalue weighted by Crippen LogP contribution is 2.34. The van der Waals surface area contributed by atoms with Crippen molar-refractivity contribution in [2.45, 2.75) is 32.5 Å². The lowest BCUT2D eigenvalue weighted by molar-refractivity contribution is 0.0549. The number of fused-ring (bicyclic) bond motifs is 1. The Labute approximate surface area is 160 Å². The van der Waals surface area contributed by atoms with Gasteiger partial charge in [0.05, 0.1) is 12.6 Å². The van der Waals surface area contributed by atoms with Gasteiger partial charge in [-0.2, -0.15) is 0 Å². The van der Waals surface area contributed by atoms with Crippen LogP contribution in [-0.4, -0.2) is 54.0 Å². The zero-order chi connectivity index (χ0) is 19.8. The van der Waals surface area contributed by atoms with E-state index in [0.29, 0.717) is 11.3 Å². The van der Waals surface area contributed by atoms with Crippen molar-refractivity contribution in [3.63, 3.8) is 0 Å². The Balaban J connectivity index is 1.80. The number of benzene rings is 1. The molecule has 0 spiro atoms. The zero-order valence-corrected chi connectivity index (χ0v) is 16.7. The fourth-order valence-electron chi connectivity index (χ4n) is 3.70. The predicted molar refractivity (Wildman–Crippen MR) is 104 cm³/mol. The molecule has 3 rings (SSSR count). The molecule has 1 aromatic heterocycles. The maximum absolute atomic E-state index is 12.0. The molecule has 1 amide bonds. The van der Waals surface area contributed by atoms with Gasteiger partial charge in [0.25, 0.3) is 5.91 Å². The van der Waals surface area contributed by atoms with Crippen molar-refractivity contribution in [2.24, 2.45) is 0 Å². The number of hydrogen-bond donors (Lipinski definition) is 0. The molecular weight excluding hydrogens is 342 g/mol. The number of carbonyl (C=O) groups excluding carboxylic acids is 2. The third-order valence-electron chi connectivity index (χ3n) is 5.37. The summed E-state index contributed by atoms with van der Waals surface area (Å²) in [6, 6.07) is 11.6. The first-order valence-corrected chi connectivity index (χ1v) is 9.09. The van der Waals surface area contributed by atoms with Crippen molar-refractivity contribution in [2.75, 3.05) is 27.7 Å². The lowest BCUT2D eigenvalue weighted by Gasteiger charge is -2.43. The molecule has 2 aromatic rings. The van der Waals surface area contributed by atoms with Gasteiger partial charge in [0.2, 0.25) is 0 Å². The molecular formula is C21H27N3O3. The first-order chi connectivity index (χ1) is 12.8. The number of nitrogens with zero attached hydrogens (tertiary/aromatic N) is 3. The van der Waals surface area contributed by atoms with Crippen molar-refractivity contribution in [1.29, 1.82) is 0 Å². The molecule has 0 fully saturated rings. The molecule has 0 saturated carbocycles. The lowest BCUT2D eigenvalue weighted by atomic mass is 9.94. The van der Waals surface area contributed by atoms with Crippen LogP contribution in [0.5, 0.6) is 0 Å². The Morgan fingerprint density at radius 3 is 2.33 bits per heavy atom. The molecule has 27 heavy (non-hydrogen) atoms. The first kappa shape index (κ1) is 19.2. The summed E-state index contributed by atoms with van der Waals surface area (Å²) >= 11 is 0. The largest absolute Gasteiger partial charge is 0.464 e. The van der Waals surface area contributed by atoms with Crippen LogP contribution in [0, 0.1) is 0 Å². The fraction of sp³-hybridized carbons (Fsp3) is 0.429. The average molecular weight is 369 g/mol. The van der Waals surface area contributed by atoms with Gasteiger partial charge < -0.3 is 14.2 Å². The van der Waals surface area contributed by atoms with Crippen LogP contribution in [0.1, 0.15) is 46.0 Å². The minimum atomic E-state index is -0.299. The summed E-state index contributed by atoms with van der Waals surface area (Å²) in [7, 11) is 4.92. The standard InChI is InChI=1S/C21H27N3O3/c1-21(2)18-11-10-17(20(26)27-5)24(18)13-12-23(21)14-15-6-8-16(9-7-15)19(25)22(3)4/h6-11H,12-14H2,1-5H3. The molecule has 2 heterocycles. The number of carbonyl (C=O) groups is 2. The van der Waals surface area contributed by atoms with Crippen LogP contribution < -0.4 is 0 Å². The third-order valence-corrected chi connectivity index (χ3v) is 5.37. The van der Waals surface area contributed by atoms with Crippen LogP contribution in [0.15, 0.2) is 36.4 Å². The molecule has 6 heteroatoms. The van der Waals surface area contributed by atoms with Crippen LogP contribution >= 0.6 is 0 Å². The number of aromatic nitrogens is 1. The highest BCUT2D eigenvalue weighted by Gasteiger charge is 2.36. The van der Waals surface area contributed by atoms with Crippen LogP contribution in [0.2, 0.25) is 0 Å². The first-order valence-electron chi connectivity index (χ1n) is 9.09. The molecule has 0 aliphatic carbocycles. The summed E-state index contributed by atoms with van der Waals surface area (Å²) in [6.45, 7) is 6.69. The zero-order valence-electron chi connectivity index (χ0n) is 16.7. The minimum absolute atomic E-state index is 0.00743. The van der Waals surface area contributed by atoms with Gasteiger partial charge in [0.15, 0.2) is 0 Å². The van der Waals surface area contributed by atoms with Gasteiger partial charge >= 0.3 is 5.97 Å². The van der Waals surface area contributed by atoms with Crippen molar-refractivity contribution in [3.8, 4) is 0 Å². The van der Waals surface area contributed by atoms with E-state index in [2.05, 4.69) is 23.3 Å². The van der Waals surface area contributed by atoms with Gasteiger partial charge in [-0.15, -0.1) is 0 Å². The van der Waals surface area contributed by atoms with E-state index in [1.54, 1.807) is 19.0 Å². The molecule has 1 aliphatic heterocycles. The monoisotopic (exact) mass is 369 g/mol. The van der Waals surface area contributed by atoms with E-state index in [0.717, 1.165) is 30.9 Å². The Morgan fingerprint density at radius 1 is 1.07 bits per heavy atom. The number of hydrogen-bond acceptors (Lipinski definition) is 4. The summed E-state index contributed by atoms with van der Waals surface area (Å²) in [6.07, 6.45) is 0. The summed E-state index contributed by atoms with van der Waals surface area (Å²) in [5.74, 6) is -0.292. The molecule has 0 saturated heterocycles. The van der Waals surface area contributed by atoms with E-state index in [1.165, 1.54) is 7.11 Å². The Bertz CT molecular complexity index is 850. The topological polar surface area (TPSA) is 54.8 Å². The van der Waals surface area contributed by atoms with Crippen molar-refractivity contribution < 1.29 is 14.3 Å². The summed E-state index contributed by atoms with van der Waals surface area (Å²) in [5.41, 5.74) is 3.34. The predicted octanol–water partition coefficient (Wildman–Crippen LogP) is 2.73. The van der Waals surface area contributed by atoms with Crippen molar-refractivity contribution in [1.82, 2.24) is 14.4 Å². The van der Waals surface area contributed by atoms with Gasteiger partial charge in [-0.1, -0.05) is 12.1 Å². The number of amides is 1. The molecule has 0 N–H and O–H groups in total. The maximum atomic E-state index is 12.0. The summed E-state index contributed by atoms with van der Waals surface area (Å²) < 4.78 is 6.95. The van der Waals surface area contributed by atoms with E-state index in [1.807, 2.05) is 36.4 Å². The molecule has 1 aliphatic rings. The van der Waals surface area contributed by atoms with E-state index >= 15 is 0 Å². The Hall–Kier alpha value is -2.60. The van der Waals surface area contributed by atoms with E-state index in [4.69, 9.17) is 4.74 Å². The second kappa shape index (κ2) is 7.19. The molecule has 0 bridgehead atoms. The SMILES string of the molecule is COC(=O)c1ccc2n1CCN(Cc1ccc(C(=O)N(C)C)cc1)C2(C)C. The molecule has 0 atom stereocenters. The second-order valence-corrected chi connectivity index (χ2v) is 7.62. The fourth-order valence-corrected chi connectivity index (χ4v) is 3.70. The molecule has 144 valence electrons. The highest BCUT2D eigenvalue weighted by molar-refractivity contribution is 5.93. The van der Waals surface area contributed by atoms with Crippen LogP contribution in [-0.2, 0) is 23.4 Å². The van der Waals surface area contributed by atoms with Gasteiger partial charge in [-0.05, 0) is 43.7 Å². The smallest absolute Gasteiger partial charge is 0.354 e. The highest BCUT2D eigenvalue weighted by atomic mass is 16.5. The molecule has 0 radical (unpaired) electrons.